The van der Waals surface area contributed by atoms with Crippen molar-refractivity contribution in [3.8, 4) is 11.5 Å². The number of carbonyl (C=O) groups is 2. The van der Waals surface area contributed by atoms with Crippen LogP contribution in [0.4, 0.5) is 0 Å². The van der Waals surface area contributed by atoms with E-state index in [0.717, 1.165) is 56.9 Å². The lowest BCUT2D eigenvalue weighted by atomic mass is 9.87. The van der Waals surface area contributed by atoms with E-state index in [9.17, 15) is 24.9 Å². The van der Waals surface area contributed by atoms with Crippen molar-refractivity contribution in [2.75, 3.05) is 0 Å². The van der Waals surface area contributed by atoms with Crippen molar-refractivity contribution in [3.05, 3.63) is 23.3 Å². The van der Waals surface area contributed by atoms with Crippen LogP contribution in [0.1, 0.15) is 82.8 Å². The van der Waals surface area contributed by atoms with Gasteiger partial charge in [0.15, 0.2) is 11.5 Å². The summed E-state index contributed by atoms with van der Waals surface area (Å²) in [6.45, 7) is 3.47. The number of benzene rings is 1. The van der Waals surface area contributed by atoms with Crippen LogP contribution in [-0.2, 0) is 22.4 Å². The van der Waals surface area contributed by atoms with Crippen molar-refractivity contribution < 1.29 is 30.0 Å². The van der Waals surface area contributed by atoms with Gasteiger partial charge in [0.05, 0.1) is 10.8 Å². The number of phenolic OH excluding ortho intramolecular Hbond substituents is 2. The van der Waals surface area contributed by atoms with Crippen LogP contribution < -0.4 is 0 Å². The third-order valence-electron chi connectivity index (χ3n) is 6.23. The van der Waals surface area contributed by atoms with E-state index >= 15 is 0 Å². The van der Waals surface area contributed by atoms with Crippen LogP contribution in [0, 0.1) is 10.8 Å². The van der Waals surface area contributed by atoms with Gasteiger partial charge in [-0.15, -0.1) is 0 Å². The molecule has 4 N–H and O–H groups in total. The summed E-state index contributed by atoms with van der Waals surface area (Å²) in [6, 6.07) is 3.50. The predicted molar refractivity (Wildman–Crippen MR) is 110 cm³/mol. The molecule has 0 atom stereocenters. The fourth-order valence-electron chi connectivity index (χ4n) is 3.76. The van der Waals surface area contributed by atoms with Crippen molar-refractivity contribution in [2.24, 2.45) is 10.8 Å². The van der Waals surface area contributed by atoms with E-state index in [-0.39, 0.29) is 11.5 Å². The van der Waals surface area contributed by atoms with Crippen molar-refractivity contribution in [3.63, 3.8) is 0 Å². The standard InChI is InChI=1S/C23H34O6/c1-22(2,20(26)27)10-6-3-4-8-16-14-17(19(25)18(24)15-16)9-5-7-11-23(12-13-23)21(28)29/h14-15,24-25H,3-13H2,1-2H3,(H,26,27)(H,28,29). The first-order valence-electron chi connectivity index (χ1n) is 10.6. The molecule has 0 saturated heterocycles. The molecule has 162 valence electrons. The van der Waals surface area contributed by atoms with Gasteiger partial charge in [-0.1, -0.05) is 25.3 Å². The summed E-state index contributed by atoms with van der Waals surface area (Å²) in [4.78, 5) is 22.4. The molecule has 0 aliphatic heterocycles. The first kappa shape index (κ1) is 23.0. The molecule has 6 heteroatoms. The fourth-order valence-corrected chi connectivity index (χ4v) is 3.76. The monoisotopic (exact) mass is 406 g/mol. The van der Waals surface area contributed by atoms with E-state index in [1.807, 2.05) is 6.07 Å². The Morgan fingerprint density at radius 3 is 2.21 bits per heavy atom. The summed E-state index contributed by atoms with van der Waals surface area (Å²) in [6.07, 6.45) is 8.37. The molecule has 0 spiro atoms. The smallest absolute Gasteiger partial charge is 0.309 e. The number of hydrogen-bond acceptors (Lipinski definition) is 4. The van der Waals surface area contributed by atoms with E-state index in [1.54, 1.807) is 19.9 Å². The first-order chi connectivity index (χ1) is 13.6. The van der Waals surface area contributed by atoms with Crippen LogP contribution in [0.25, 0.3) is 0 Å². The molecule has 0 radical (unpaired) electrons. The second kappa shape index (κ2) is 9.51. The average molecular weight is 407 g/mol. The Kier molecular flexibility index (Phi) is 7.55. The van der Waals surface area contributed by atoms with Gasteiger partial charge in [0.25, 0.3) is 0 Å². The predicted octanol–water partition coefficient (Wildman–Crippen LogP) is 4.89. The van der Waals surface area contributed by atoms with Crippen LogP contribution in [-0.4, -0.2) is 32.4 Å². The zero-order chi connectivity index (χ0) is 21.7. The van der Waals surface area contributed by atoms with Gasteiger partial charge in [0, 0.05) is 0 Å². The van der Waals surface area contributed by atoms with Crippen LogP contribution in [0.15, 0.2) is 12.1 Å². The van der Waals surface area contributed by atoms with Gasteiger partial charge < -0.3 is 20.4 Å². The van der Waals surface area contributed by atoms with E-state index in [2.05, 4.69) is 0 Å². The lowest BCUT2D eigenvalue weighted by Crippen LogP contribution is -2.23. The van der Waals surface area contributed by atoms with Crippen molar-refractivity contribution in [1.29, 1.82) is 0 Å². The Morgan fingerprint density at radius 1 is 0.966 bits per heavy atom. The number of rotatable bonds is 13. The molecule has 1 fully saturated rings. The number of aryl methyl sites for hydroxylation is 2. The molecule has 1 saturated carbocycles. The fraction of sp³-hybridized carbons (Fsp3) is 0.652. The van der Waals surface area contributed by atoms with Gasteiger partial charge in [-0.05, 0) is 82.4 Å². The number of aromatic hydroxyl groups is 2. The van der Waals surface area contributed by atoms with Crippen LogP contribution in [0.2, 0.25) is 0 Å². The first-order valence-corrected chi connectivity index (χ1v) is 10.6. The van der Waals surface area contributed by atoms with Crippen LogP contribution >= 0.6 is 0 Å². The number of hydrogen-bond donors (Lipinski definition) is 4. The molecular formula is C23H34O6. The van der Waals surface area contributed by atoms with E-state index in [0.29, 0.717) is 24.8 Å². The zero-order valence-electron chi connectivity index (χ0n) is 17.5. The Balaban J connectivity index is 1.79. The Labute approximate surface area is 172 Å². The molecule has 2 rings (SSSR count). The summed E-state index contributed by atoms with van der Waals surface area (Å²) in [5, 5.41) is 38.5. The molecule has 0 unspecified atom stereocenters. The van der Waals surface area contributed by atoms with Gasteiger partial charge in [-0.3, -0.25) is 9.59 Å². The maximum Gasteiger partial charge on any atom is 0.309 e. The zero-order valence-corrected chi connectivity index (χ0v) is 17.5. The van der Waals surface area contributed by atoms with Gasteiger partial charge in [-0.2, -0.15) is 0 Å². The summed E-state index contributed by atoms with van der Waals surface area (Å²) >= 11 is 0. The SMILES string of the molecule is CC(C)(CCCCCc1cc(O)c(O)c(CCCCC2(C(=O)O)CC2)c1)C(=O)O. The minimum absolute atomic E-state index is 0.0867. The van der Waals surface area contributed by atoms with E-state index < -0.39 is 22.8 Å². The minimum Gasteiger partial charge on any atom is -0.504 e. The third kappa shape index (κ3) is 6.38. The van der Waals surface area contributed by atoms with E-state index in [4.69, 9.17) is 5.11 Å². The highest BCUT2D eigenvalue weighted by atomic mass is 16.4. The number of unbranched alkanes of at least 4 members (excludes halogenated alkanes) is 3. The Bertz CT molecular complexity index is 733. The number of aliphatic carboxylic acids is 2. The lowest BCUT2D eigenvalue weighted by Gasteiger charge is -2.18. The number of carboxylic acid groups (broad SMARTS) is 2. The van der Waals surface area contributed by atoms with Crippen LogP contribution in [0.3, 0.4) is 0 Å². The molecular weight excluding hydrogens is 372 g/mol. The van der Waals surface area contributed by atoms with Crippen molar-refractivity contribution in [1.82, 2.24) is 0 Å². The topological polar surface area (TPSA) is 115 Å². The lowest BCUT2D eigenvalue weighted by molar-refractivity contribution is -0.147. The number of carboxylic acids is 2. The molecule has 29 heavy (non-hydrogen) atoms. The largest absolute Gasteiger partial charge is 0.504 e. The second-order valence-electron chi connectivity index (χ2n) is 9.16. The summed E-state index contributed by atoms with van der Waals surface area (Å²) < 4.78 is 0. The minimum atomic E-state index is -0.776. The molecule has 1 aromatic carbocycles. The third-order valence-corrected chi connectivity index (χ3v) is 6.23. The van der Waals surface area contributed by atoms with Gasteiger partial charge in [0.2, 0.25) is 0 Å². The molecule has 6 nitrogen and oxygen atoms in total. The highest BCUT2D eigenvalue weighted by Gasteiger charge is 2.49. The van der Waals surface area contributed by atoms with E-state index in [1.165, 1.54) is 0 Å². The molecule has 1 aliphatic carbocycles. The van der Waals surface area contributed by atoms with Gasteiger partial charge in [-0.25, -0.2) is 0 Å². The molecule has 0 amide bonds. The van der Waals surface area contributed by atoms with Crippen molar-refractivity contribution in [2.45, 2.75) is 84.5 Å². The molecule has 1 aliphatic rings. The summed E-state index contributed by atoms with van der Waals surface area (Å²) in [5.41, 5.74) is 0.439. The second-order valence-corrected chi connectivity index (χ2v) is 9.16. The summed E-state index contributed by atoms with van der Waals surface area (Å²) in [7, 11) is 0. The quantitative estimate of drug-likeness (QED) is 0.274. The van der Waals surface area contributed by atoms with Crippen molar-refractivity contribution >= 4 is 11.9 Å². The molecule has 0 heterocycles. The van der Waals surface area contributed by atoms with Gasteiger partial charge >= 0.3 is 11.9 Å². The molecule has 0 bridgehead atoms. The normalized spacial score (nSPS) is 15.2. The van der Waals surface area contributed by atoms with Gasteiger partial charge in [0.1, 0.15) is 0 Å². The maximum atomic E-state index is 11.2. The summed E-state index contributed by atoms with van der Waals surface area (Å²) in [5.74, 6) is -1.68. The maximum absolute atomic E-state index is 11.2. The van der Waals surface area contributed by atoms with Crippen LogP contribution in [0.5, 0.6) is 11.5 Å². The highest BCUT2D eigenvalue weighted by Crippen LogP contribution is 2.50. The molecule has 0 aromatic heterocycles. The Morgan fingerprint density at radius 2 is 1.62 bits per heavy atom. The molecule has 1 aromatic rings. The highest BCUT2D eigenvalue weighted by molar-refractivity contribution is 5.77. The average Bonchev–Trinajstić information content (AvgIpc) is 3.43. The Hall–Kier alpha value is -2.24. The number of phenols is 2.